The van der Waals surface area contributed by atoms with Crippen LogP contribution in [0.3, 0.4) is 0 Å². The molecule has 108 valence electrons. The Balaban J connectivity index is 1.72. The molecule has 3 rings (SSSR count). The van der Waals surface area contributed by atoms with E-state index < -0.39 is 0 Å². The Morgan fingerprint density at radius 2 is 2.48 bits per heavy atom. The number of hydrogen-bond donors (Lipinski definition) is 1. The predicted octanol–water partition coefficient (Wildman–Crippen LogP) is 3.70. The quantitative estimate of drug-likeness (QED) is 0.521. The number of cyclic esters (lactones) is 1. The van der Waals surface area contributed by atoms with Gasteiger partial charge >= 0.3 is 6.09 Å². The first kappa shape index (κ1) is 13.7. The lowest BCUT2D eigenvalue weighted by atomic mass is 10.2. The van der Waals surface area contributed by atoms with Crippen LogP contribution in [0.15, 0.2) is 39.8 Å². The summed E-state index contributed by atoms with van der Waals surface area (Å²) < 4.78 is 5.28. The van der Waals surface area contributed by atoms with E-state index in [0.717, 1.165) is 16.3 Å². The molecular formula is C13H13N5O2S. The maximum absolute atomic E-state index is 11.9. The molecule has 0 aliphatic carbocycles. The third-order valence-corrected chi connectivity index (χ3v) is 4.15. The Bertz CT molecular complexity index is 641. The maximum atomic E-state index is 11.9. The van der Waals surface area contributed by atoms with Crippen molar-refractivity contribution in [2.24, 2.45) is 5.11 Å². The van der Waals surface area contributed by atoms with Gasteiger partial charge < -0.3 is 10.1 Å². The summed E-state index contributed by atoms with van der Waals surface area (Å²) in [5.74, 6) is 0. The number of anilines is 2. The molecule has 1 aromatic rings. The topological polar surface area (TPSA) is 90.3 Å². The molecule has 0 radical (unpaired) electrons. The summed E-state index contributed by atoms with van der Waals surface area (Å²) >= 11 is 1.63. The van der Waals surface area contributed by atoms with Crippen molar-refractivity contribution >= 4 is 29.2 Å². The van der Waals surface area contributed by atoms with Gasteiger partial charge in [-0.25, -0.2) is 4.79 Å². The van der Waals surface area contributed by atoms with Crippen molar-refractivity contribution in [3.8, 4) is 0 Å². The van der Waals surface area contributed by atoms with Gasteiger partial charge in [0.1, 0.15) is 6.10 Å². The van der Waals surface area contributed by atoms with Gasteiger partial charge in [0.2, 0.25) is 0 Å². The highest BCUT2D eigenvalue weighted by molar-refractivity contribution is 8.02. The van der Waals surface area contributed by atoms with E-state index in [1.54, 1.807) is 16.7 Å². The number of fused-ring (bicyclic) bond motifs is 1. The number of benzene rings is 1. The van der Waals surface area contributed by atoms with Crippen LogP contribution in [-0.2, 0) is 4.74 Å². The van der Waals surface area contributed by atoms with Crippen molar-refractivity contribution in [3.63, 3.8) is 0 Å². The van der Waals surface area contributed by atoms with Crippen molar-refractivity contribution < 1.29 is 9.53 Å². The van der Waals surface area contributed by atoms with Gasteiger partial charge in [-0.3, -0.25) is 4.90 Å². The van der Waals surface area contributed by atoms with Crippen LogP contribution in [0.5, 0.6) is 0 Å². The van der Waals surface area contributed by atoms with Crippen LogP contribution in [0.4, 0.5) is 16.2 Å². The average molecular weight is 303 g/mol. The molecule has 21 heavy (non-hydrogen) atoms. The van der Waals surface area contributed by atoms with Crippen molar-refractivity contribution in [1.29, 1.82) is 0 Å². The summed E-state index contributed by atoms with van der Waals surface area (Å²) in [6.45, 7) is 0.803. The first-order valence-electron chi connectivity index (χ1n) is 6.49. The smallest absolute Gasteiger partial charge is 0.414 e. The summed E-state index contributed by atoms with van der Waals surface area (Å²) in [6, 6.07) is 5.82. The fourth-order valence-corrected chi connectivity index (χ4v) is 2.94. The number of amides is 1. The lowest BCUT2D eigenvalue weighted by Crippen LogP contribution is -2.24. The molecule has 0 aromatic heterocycles. The summed E-state index contributed by atoms with van der Waals surface area (Å²) in [7, 11) is 0. The molecule has 0 bridgehead atoms. The highest BCUT2D eigenvalue weighted by Crippen LogP contribution is 2.35. The highest BCUT2D eigenvalue weighted by Gasteiger charge is 2.32. The molecule has 2 heterocycles. The van der Waals surface area contributed by atoms with Crippen molar-refractivity contribution in [1.82, 2.24) is 0 Å². The Hall–Kier alpha value is -2.31. The third-order valence-electron chi connectivity index (χ3n) is 3.27. The molecule has 0 spiro atoms. The van der Waals surface area contributed by atoms with Crippen LogP contribution in [-0.4, -0.2) is 25.3 Å². The lowest BCUT2D eigenvalue weighted by molar-refractivity contribution is 0.138. The number of nitrogens with one attached hydrogen (secondary N) is 1. The standard InChI is InChI=1S/C13H13N5O2S/c14-17-16-4-3-10-8-18(13(19)20-10)9-1-2-12-11(7-9)15-5-6-21-12/h1-2,5-7,10,15H,3-4,8H2/t10-/m1/s1. The zero-order valence-corrected chi connectivity index (χ0v) is 11.9. The highest BCUT2D eigenvalue weighted by atomic mass is 32.2. The fourth-order valence-electron chi connectivity index (χ4n) is 2.26. The molecule has 1 amide bonds. The average Bonchev–Trinajstić information content (AvgIpc) is 2.88. The number of carbonyl (C=O) groups is 1. The van der Waals surface area contributed by atoms with E-state index in [9.17, 15) is 4.79 Å². The van der Waals surface area contributed by atoms with Gasteiger partial charge in [-0.2, -0.15) is 0 Å². The Morgan fingerprint density at radius 1 is 1.57 bits per heavy atom. The molecule has 1 aromatic carbocycles. The zero-order chi connectivity index (χ0) is 14.7. The van der Waals surface area contributed by atoms with Crippen LogP contribution < -0.4 is 10.2 Å². The minimum absolute atomic E-state index is 0.235. The van der Waals surface area contributed by atoms with Crippen LogP contribution in [0.25, 0.3) is 10.4 Å². The van der Waals surface area contributed by atoms with E-state index in [-0.39, 0.29) is 12.2 Å². The predicted molar refractivity (Wildman–Crippen MR) is 81.3 cm³/mol. The van der Waals surface area contributed by atoms with E-state index >= 15 is 0 Å². The lowest BCUT2D eigenvalue weighted by Gasteiger charge is -2.17. The second-order valence-electron chi connectivity index (χ2n) is 4.60. The van der Waals surface area contributed by atoms with Crippen molar-refractivity contribution in [2.75, 3.05) is 23.3 Å². The number of thioether (sulfide) groups is 1. The third kappa shape index (κ3) is 2.91. The Labute approximate surface area is 125 Å². The molecule has 7 nitrogen and oxygen atoms in total. The fraction of sp³-hybridized carbons (Fsp3) is 0.308. The van der Waals surface area contributed by atoms with Gasteiger partial charge in [0.15, 0.2) is 0 Å². The number of nitrogens with zero attached hydrogens (tertiary/aromatic N) is 4. The summed E-state index contributed by atoms with van der Waals surface area (Å²) in [4.78, 5) is 17.4. The monoisotopic (exact) mass is 303 g/mol. The second kappa shape index (κ2) is 5.99. The first-order chi connectivity index (χ1) is 10.3. The van der Waals surface area contributed by atoms with E-state index in [2.05, 4.69) is 15.3 Å². The summed E-state index contributed by atoms with van der Waals surface area (Å²) in [6.07, 6.45) is 1.80. The normalized spacial score (nSPS) is 19.5. The molecular weight excluding hydrogens is 290 g/mol. The van der Waals surface area contributed by atoms with Crippen LogP contribution in [0.1, 0.15) is 6.42 Å². The van der Waals surface area contributed by atoms with Gasteiger partial charge in [0, 0.05) is 28.2 Å². The SMILES string of the molecule is [N-]=[N+]=NCC[C@@H]1CN(c2ccc3c(c2)NC=CS3)C(=O)O1. The van der Waals surface area contributed by atoms with Crippen LogP contribution in [0, 0.1) is 0 Å². The molecule has 2 aliphatic rings. The van der Waals surface area contributed by atoms with Gasteiger partial charge in [-0.1, -0.05) is 16.9 Å². The molecule has 1 fully saturated rings. The molecule has 8 heteroatoms. The van der Waals surface area contributed by atoms with Gasteiger partial charge in [0.25, 0.3) is 0 Å². The molecule has 1 atom stereocenters. The van der Waals surface area contributed by atoms with E-state index in [4.69, 9.17) is 10.3 Å². The minimum atomic E-state index is -0.361. The Kier molecular flexibility index (Phi) is 3.89. The Morgan fingerprint density at radius 3 is 3.33 bits per heavy atom. The number of hydrogen-bond acceptors (Lipinski definition) is 5. The second-order valence-corrected chi connectivity index (χ2v) is 5.55. The van der Waals surface area contributed by atoms with E-state index in [0.29, 0.717) is 19.5 Å². The van der Waals surface area contributed by atoms with Crippen LogP contribution in [0.2, 0.25) is 0 Å². The summed E-state index contributed by atoms with van der Waals surface area (Å²) in [5.41, 5.74) is 10.0. The first-order valence-corrected chi connectivity index (χ1v) is 7.37. The molecule has 2 aliphatic heterocycles. The maximum Gasteiger partial charge on any atom is 0.414 e. The largest absolute Gasteiger partial charge is 0.444 e. The number of azide groups is 1. The minimum Gasteiger partial charge on any atom is -0.444 e. The number of rotatable bonds is 4. The van der Waals surface area contributed by atoms with E-state index in [1.807, 2.05) is 29.8 Å². The molecule has 1 saturated heterocycles. The van der Waals surface area contributed by atoms with E-state index in [1.165, 1.54) is 0 Å². The van der Waals surface area contributed by atoms with Gasteiger partial charge in [-0.05, 0) is 35.6 Å². The molecule has 0 saturated carbocycles. The van der Waals surface area contributed by atoms with Crippen LogP contribution >= 0.6 is 11.8 Å². The zero-order valence-electron chi connectivity index (χ0n) is 11.1. The molecule has 0 unspecified atom stereocenters. The number of ether oxygens (including phenoxy) is 1. The van der Waals surface area contributed by atoms with Crippen molar-refractivity contribution in [2.45, 2.75) is 17.4 Å². The van der Waals surface area contributed by atoms with Gasteiger partial charge in [-0.15, -0.1) is 0 Å². The number of carbonyl (C=O) groups excluding carboxylic acids is 1. The van der Waals surface area contributed by atoms with Crippen molar-refractivity contribution in [3.05, 3.63) is 40.2 Å². The summed E-state index contributed by atoms with van der Waals surface area (Å²) in [5, 5.41) is 8.60. The van der Waals surface area contributed by atoms with Gasteiger partial charge in [0.05, 0.1) is 12.2 Å². The molecule has 1 N–H and O–H groups in total.